The lowest BCUT2D eigenvalue weighted by Gasteiger charge is -2.16. The van der Waals surface area contributed by atoms with Gasteiger partial charge in [0.2, 0.25) is 0 Å². The van der Waals surface area contributed by atoms with E-state index in [1.165, 1.54) is 12.8 Å². The highest BCUT2D eigenvalue weighted by Crippen LogP contribution is 2.25. The lowest BCUT2D eigenvalue weighted by molar-refractivity contribution is 0.505. The molecule has 2 aromatic rings. The van der Waals surface area contributed by atoms with E-state index in [0.29, 0.717) is 12.0 Å². The lowest BCUT2D eigenvalue weighted by atomic mass is 10.0. The van der Waals surface area contributed by atoms with Crippen molar-refractivity contribution in [2.24, 2.45) is 18.7 Å². The number of nitrogens with one attached hydrogen (secondary N) is 1. The van der Waals surface area contributed by atoms with E-state index < -0.39 is 0 Å². The Morgan fingerprint density at radius 3 is 3.11 bits per heavy atom. The van der Waals surface area contributed by atoms with Crippen molar-refractivity contribution in [2.45, 2.75) is 25.3 Å². The summed E-state index contributed by atoms with van der Waals surface area (Å²) < 4.78 is 1.75. The second-order valence-electron chi connectivity index (χ2n) is 4.96. The number of hydrogen-bond acceptors (Lipinski definition) is 5. The molecule has 3 rings (SSSR count). The Hall–Kier alpha value is -1.69. The topological polar surface area (TPSA) is 81.7 Å². The van der Waals surface area contributed by atoms with Crippen LogP contribution >= 0.6 is 0 Å². The molecule has 6 heteroatoms. The Morgan fingerprint density at radius 2 is 2.33 bits per heavy atom. The Bertz CT molecular complexity index is 548. The molecule has 0 spiro atoms. The fourth-order valence-corrected chi connectivity index (χ4v) is 2.65. The maximum absolute atomic E-state index is 6.07. The molecule has 1 aliphatic carbocycles. The summed E-state index contributed by atoms with van der Waals surface area (Å²) in [6, 6.07) is 0.323. The molecule has 0 aliphatic heterocycles. The molecule has 2 heterocycles. The Balaban J connectivity index is 1.78. The molecule has 6 nitrogen and oxygen atoms in total. The Morgan fingerprint density at radius 1 is 1.44 bits per heavy atom. The van der Waals surface area contributed by atoms with Crippen LogP contribution in [0.25, 0.3) is 11.0 Å². The van der Waals surface area contributed by atoms with Crippen molar-refractivity contribution in [3.8, 4) is 0 Å². The van der Waals surface area contributed by atoms with Crippen molar-refractivity contribution in [1.29, 1.82) is 0 Å². The largest absolute Gasteiger partial charge is 0.369 e. The molecule has 18 heavy (non-hydrogen) atoms. The molecule has 1 fully saturated rings. The number of nitrogens with two attached hydrogens (primary N) is 1. The zero-order valence-corrected chi connectivity index (χ0v) is 10.5. The van der Waals surface area contributed by atoms with E-state index >= 15 is 0 Å². The first-order valence-corrected chi connectivity index (χ1v) is 6.38. The van der Waals surface area contributed by atoms with Gasteiger partial charge in [0.05, 0.1) is 11.6 Å². The number of rotatable bonds is 3. The molecule has 0 saturated heterocycles. The quantitative estimate of drug-likeness (QED) is 0.841. The van der Waals surface area contributed by atoms with E-state index in [2.05, 4.69) is 20.4 Å². The molecule has 0 amide bonds. The molecule has 2 unspecified atom stereocenters. The molecular weight excluding hydrogens is 228 g/mol. The van der Waals surface area contributed by atoms with Gasteiger partial charge in [-0.3, -0.25) is 4.68 Å². The van der Waals surface area contributed by atoms with E-state index in [-0.39, 0.29) is 0 Å². The van der Waals surface area contributed by atoms with Crippen molar-refractivity contribution in [3.05, 3.63) is 12.5 Å². The van der Waals surface area contributed by atoms with Crippen LogP contribution in [0.2, 0.25) is 0 Å². The Kier molecular flexibility index (Phi) is 2.87. The monoisotopic (exact) mass is 246 g/mol. The molecule has 0 radical (unpaired) electrons. The highest BCUT2D eigenvalue weighted by Gasteiger charge is 2.23. The maximum atomic E-state index is 6.07. The predicted molar refractivity (Wildman–Crippen MR) is 70.1 cm³/mol. The number of fused-ring (bicyclic) bond motifs is 1. The zero-order valence-electron chi connectivity index (χ0n) is 10.5. The van der Waals surface area contributed by atoms with Crippen LogP contribution in [0.5, 0.6) is 0 Å². The van der Waals surface area contributed by atoms with Gasteiger partial charge in [0.25, 0.3) is 0 Å². The summed E-state index contributed by atoms with van der Waals surface area (Å²) in [5.74, 6) is 1.40. The van der Waals surface area contributed by atoms with Crippen LogP contribution in [0.4, 0.5) is 5.82 Å². The molecule has 1 saturated carbocycles. The number of anilines is 1. The van der Waals surface area contributed by atoms with E-state index in [1.807, 2.05) is 7.05 Å². The molecule has 1 aliphatic rings. The van der Waals surface area contributed by atoms with Gasteiger partial charge in [-0.25, -0.2) is 9.97 Å². The fourth-order valence-electron chi connectivity index (χ4n) is 2.65. The number of aromatic nitrogens is 4. The van der Waals surface area contributed by atoms with Gasteiger partial charge < -0.3 is 11.1 Å². The van der Waals surface area contributed by atoms with Crippen LogP contribution in [-0.2, 0) is 7.05 Å². The van der Waals surface area contributed by atoms with Crippen LogP contribution in [0, 0.1) is 5.92 Å². The molecule has 2 aromatic heterocycles. The molecule has 3 N–H and O–H groups in total. The average molecular weight is 246 g/mol. The molecule has 2 atom stereocenters. The van der Waals surface area contributed by atoms with Crippen molar-refractivity contribution >= 4 is 16.9 Å². The van der Waals surface area contributed by atoms with E-state index in [4.69, 9.17) is 5.73 Å². The van der Waals surface area contributed by atoms with Gasteiger partial charge in [-0.1, -0.05) is 6.42 Å². The van der Waals surface area contributed by atoms with Crippen molar-refractivity contribution in [3.63, 3.8) is 0 Å². The van der Waals surface area contributed by atoms with Crippen LogP contribution in [-0.4, -0.2) is 32.3 Å². The first-order chi connectivity index (χ1) is 8.75. The average Bonchev–Trinajstić information content (AvgIpc) is 2.95. The van der Waals surface area contributed by atoms with Crippen LogP contribution in [0.15, 0.2) is 12.5 Å². The minimum atomic E-state index is 0.323. The molecule has 0 aromatic carbocycles. The lowest BCUT2D eigenvalue weighted by Crippen LogP contribution is -2.29. The Labute approximate surface area is 106 Å². The minimum absolute atomic E-state index is 0.323. The van der Waals surface area contributed by atoms with Crippen LogP contribution in [0.1, 0.15) is 19.3 Å². The number of hydrogen-bond donors (Lipinski definition) is 2. The molecular formula is C12H18N6. The summed E-state index contributed by atoms with van der Waals surface area (Å²) in [5.41, 5.74) is 6.92. The predicted octanol–water partition coefficient (Wildman–Crippen LogP) is 0.903. The zero-order chi connectivity index (χ0) is 12.5. The summed E-state index contributed by atoms with van der Waals surface area (Å²) in [4.78, 5) is 8.51. The first-order valence-electron chi connectivity index (χ1n) is 6.38. The summed E-state index contributed by atoms with van der Waals surface area (Å²) in [5, 5.41) is 8.55. The van der Waals surface area contributed by atoms with E-state index in [9.17, 15) is 0 Å². The number of nitrogens with zero attached hydrogens (tertiary/aromatic N) is 4. The highest BCUT2D eigenvalue weighted by molar-refractivity contribution is 5.85. The van der Waals surface area contributed by atoms with Gasteiger partial charge >= 0.3 is 0 Å². The fraction of sp³-hybridized carbons (Fsp3) is 0.583. The van der Waals surface area contributed by atoms with Crippen LogP contribution in [0.3, 0.4) is 0 Å². The van der Waals surface area contributed by atoms with Gasteiger partial charge in [0.15, 0.2) is 5.65 Å². The molecule has 0 bridgehead atoms. The van der Waals surface area contributed by atoms with Crippen molar-refractivity contribution in [2.75, 3.05) is 11.9 Å². The van der Waals surface area contributed by atoms with Gasteiger partial charge in [0, 0.05) is 19.6 Å². The standard InChI is InChI=1S/C12H18N6/c1-18-12-9(6-17-18)11(15-7-16-12)14-5-8-3-2-4-10(8)13/h6-8,10H,2-5,13H2,1H3,(H,14,15,16). The van der Waals surface area contributed by atoms with Gasteiger partial charge in [0.1, 0.15) is 12.1 Å². The SMILES string of the molecule is Cn1ncc2c(NCC3CCCC3N)ncnc21. The van der Waals surface area contributed by atoms with E-state index in [1.54, 1.807) is 17.2 Å². The highest BCUT2D eigenvalue weighted by atomic mass is 15.3. The van der Waals surface area contributed by atoms with E-state index in [0.717, 1.165) is 29.8 Å². The third-order valence-electron chi connectivity index (χ3n) is 3.78. The summed E-state index contributed by atoms with van der Waals surface area (Å²) in [6.45, 7) is 0.877. The third kappa shape index (κ3) is 1.92. The summed E-state index contributed by atoms with van der Waals surface area (Å²) >= 11 is 0. The van der Waals surface area contributed by atoms with Crippen LogP contribution < -0.4 is 11.1 Å². The molecule has 96 valence electrons. The van der Waals surface area contributed by atoms with Crippen molar-refractivity contribution < 1.29 is 0 Å². The normalized spacial score (nSPS) is 23.7. The number of aryl methyl sites for hydroxylation is 1. The van der Waals surface area contributed by atoms with Crippen molar-refractivity contribution in [1.82, 2.24) is 19.7 Å². The summed E-state index contributed by atoms with van der Waals surface area (Å²) in [7, 11) is 1.88. The smallest absolute Gasteiger partial charge is 0.163 e. The summed E-state index contributed by atoms with van der Waals surface area (Å²) in [6.07, 6.45) is 6.95. The second-order valence-corrected chi connectivity index (χ2v) is 4.96. The van der Waals surface area contributed by atoms with Gasteiger partial charge in [-0.05, 0) is 18.8 Å². The second kappa shape index (κ2) is 4.53. The maximum Gasteiger partial charge on any atom is 0.163 e. The minimum Gasteiger partial charge on any atom is -0.369 e. The van der Waals surface area contributed by atoms with Gasteiger partial charge in [-0.2, -0.15) is 5.10 Å². The first kappa shape index (κ1) is 11.4. The third-order valence-corrected chi connectivity index (χ3v) is 3.78. The van der Waals surface area contributed by atoms with Gasteiger partial charge in [-0.15, -0.1) is 0 Å².